The van der Waals surface area contributed by atoms with Gasteiger partial charge in [-0.2, -0.15) is 0 Å². The van der Waals surface area contributed by atoms with Gasteiger partial charge in [-0.3, -0.25) is 0 Å². The lowest BCUT2D eigenvalue weighted by Gasteiger charge is -1.89. The van der Waals surface area contributed by atoms with Crippen molar-refractivity contribution in [2.24, 2.45) is 0 Å². The zero-order valence-electron chi connectivity index (χ0n) is 7.48. The summed E-state index contributed by atoms with van der Waals surface area (Å²) >= 11 is 0. The summed E-state index contributed by atoms with van der Waals surface area (Å²) in [6.07, 6.45) is 1.11. The van der Waals surface area contributed by atoms with Crippen molar-refractivity contribution in [3.63, 3.8) is 0 Å². The molecule has 1 aromatic heterocycles. The molecule has 0 aliphatic heterocycles. The van der Waals surface area contributed by atoms with E-state index in [0.29, 0.717) is 16.7 Å². The van der Waals surface area contributed by atoms with Crippen LogP contribution in [-0.2, 0) is 9.84 Å². The maximum absolute atomic E-state index is 11.2. The van der Waals surface area contributed by atoms with Gasteiger partial charge in [0.2, 0.25) is 15.0 Å². The first-order chi connectivity index (χ1) is 6.47. The number of aromatic nitrogens is 2. The van der Waals surface area contributed by atoms with Crippen molar-refractivity contribution < 1.29 is 8.42 Å². The first kappa shape index (κ1) is 9.01. The number of H-pyrrole nitrogens is 1. The van der Waals surface area contributed by atoms with Crippen molar-refractivity contribution >= 4 is 26.6 Å². The van der Waals surface area contributed by atoms with Crippen LogP contribution in [0.5, 0.6) is 0 Å². The number of hydrogen-bond donors (Lipinski definition) is 2. The number of nitrogens with one attached hydrogen (secondary N) is 1. The van der Waals surface area contributed by atoms with Gasteiger partial charge in [0.05, 0.1) is 11.0 Å². The number of hydrogen-bond acceptors (Lipinski definition) is 4. The molecule has 6 heteroatoms. The van der Waals surface area contributed by atoms with Gasteiger partial charge in [-0.1, -0.05) is 0 Å². The van der Waals surface area contributed by atoms with E-state index in [9.17, 15) is 8.42 Å². The number of nitrogens with two attached hydrogens (primary N) is 1. The van der Waals surface area contributed by atoms with Crippen LogP contribution in [0.25, 0.3) is 11.0 Å². The maximum atomic E-state index is 11.2. The molecule has 0 bridgehead atoms. The SMILES string of the molecule is CS(=O)(=O)c1nc2ccc(N)cc2[nH]1. The minimum atomic E-state index is -3.29. The summed E-state index contributed by atoms with van der Waals surface area (Å²) in [7, 11) is -3.29. The second-order valence-electron chi connectivity index (χ2n) is 3.09. The standard InChI is InChI=1S/C8H9N3O2S/c1-14(12,13)8-10-6-3-2-5(9)4-7(6)11-8/h2-4H,9H2,1H3,(H,10,11). The highest BCUT2D eigenvalue weighted by atomic mass is 32.2. The van der Waals surface area contributed by atoms with Crippen molar-refractivity contribution in [1.82, 2.24) is 9.97 Å². The molecule has 0 aliphatic rings. The Balaban J connectivity index is 2.75. The van der Waals surface area contributed by atoms with Crippen LogP contribution in [0.15, 0.2) is 23.4 Å². The molecule has 2 rings (SSSR count). The van der Waals surface area contributed by atoms with Crippen LogP contribution in [0.1, 0.15) is 0 Å². The number of anilines is 1. The van der Waals surface area contributed by atoms with E-state index in [2.05, 4.69) is 9.97 Å². The Bertz CT molecular complexity index is 586. The van der Waals surface area contributed by atoms with Gasteiger partial charge in [-0.25, -0.2) is 13.4 Å². The van der Waals surface area contributed by atoms with Gasteiger partial charge in [-0.05, 0) is 18.2 Å². The average molecular weight is 211 g/mol. The van der Waals surface area contributed by atoms with E-state index in [1.165, 1.54) is 0 Å². The summed E-state index contributed by atoms with van der Waals surface area (Å²) in [5.74, 6) is 0. The first-order valence-corrected chi connectivity index (χ1v) is 5.81. The number of rotatable bonds is 1. The third-order valence-corrected chi connectivity index (χ3v) is 2.73. The van der Waals surface area contributed by atoms with E-state index in [-0.39, 0.29) is 5.16 Å². The zero-order chi connectivity index (χ0) is 10.3. The molecule has 2 aromatic rings. The smallest absolute Gasteiger partial charge is 0.225 e. The normalized spacial score (nSPS) is 12.1. The third kappa shape index (κ3) is 1.44. The molecule has 0 radical (unpaired) electrons. The molecule has 74 valence electrons. The predicted octanol–water partition coefficient (Wildman–Crippen LogP) is 0.549. The summed E-state index contributed by atoms with van der Waals surface area (Å²) in [5.41, 5.74) is 7.34. The predicted molar refractivity (Wildman–Crippen MR) is 53.6 cm³/mol. The van der Waals surface area contributed by atoms with Gasteiger partial charge in [-0.15, -0.1) is 0 Å². The lowest BCUT2D eigenvalue weighted by atomic mass is 10.3. The van der Waals surface area contributed by atoms with Crippen molar-refractivity contribution in [2.75, 3.05) is 12.0 Å². The van der Waals surface area contributed by atoms with E-state index in [4.69, 9.17) is 5.73 Å². The van der Waals surface area contributed by atoms with E-state index < -0.39 is 9.84 Å². The topological polar surface area (TPSA) is 88.8 Å². The molecule has 0 spiro atoms. The Labute approximate surface area is 80.9 Å². The van der Waals surface area contributed by atoms with Crippen LogP contribution in [0.3, 0.4) is 0 Å². The largest absolute Gasteiger partial charge is 0.399 e. The van der Waals surface area contributed by atoms with Crippen LogP contribution < -0.4 is 5.73 Å². The van der Waals surface area contributed by atoms with E-state index in [1.54, 1.807) is 18.2 Å². The molecule has 1 heterocycles. The fourth-order valence-corrected chi connectivity index (χ4v) is 1.74. The molecule has 3 N–H and O–H groups in total. The Morgan fingerprint density at radius 3 is 2.79 bits per heavy atom. The van der Waals surface area contributed by atoms with Crippen LogP contribution in [0.2, 0.25) is 0 Å². The van der Waals surface area contributed by atoms with Crippen molar-refractivity contribution in [2.45, 2.75) is 5.16 Å². The highest BCUT2D eigenvalue weighted by molar-refractivity contribution is 7.90. The fraction of sp³-hybridized carbons (Fsp3) is 0.125. The quantitative estimate of drug-likeness (QED) is 0.674. The Hall–Kier alpha value is -1.56. The Morgan fingerprint density at radius 2 is 2.14 bits per heavy atom. The molecule has 0 saturated carbocycles. The number of fused-ring (bicyclic) bond motifs is 1. The van der Waals surface area contributed by atoms with Crippen molar-refractivity contribution in [3.8, 4) is 0 Å². The van der Waals surface area contributed by atoms with Crippen LogP contribution in [0.4, 0.5) is 5.69 Å². The summed E-state index contributed by atoms with van der Waals surface area (Å²) in [6, 6.07) is 5.00. The number of aromatic amines is 1. The van der Waals surface area contributed by atoms with Gasteiger partial charge < -0.3 is 10.7 Å². The molecule has 0 saturated heterocycles. The Morgan fingerprint density at radius 1 is 1.43 bits per heavy atom. The van der Waals surface area contributed by atoms with E-state index >= 15 is 0 Å². The molecule has 0 unspecified atom stereocenters. The maximum Gasteiger partial charge on any atom is 0.225 e. The fourth-order valence-electron chi connectivity index (χ4n) is 1.18. The molecule has 5 nitrogen and oxygen atoms in total. The van der Waals surface area contributed by atoms with E-state index in [0.717, 1.165) is 6.26 Å². The number of benzene rings is 1. The van der Waals surface area contributed by atoms with Gasteiger partial charge in [0.25, 0.3) is 0 Å². The lowest BCUT2D eigenvalue weighted by Crippen LogP contribution is -1.98. The van der Waals surface area contributed by atoms with Gasteiger partial charge >= 0.3 is 0 Å². The van der Waals surface area contributed by atoms with Gasteiger partial charge in [0, 0.05) is 11.9 Å². The molecular weight excluding hydrogens is 202 g/mol. The number of imidazole rings is 1. The summed E-state index contributed by atoms with van der Waals surface area (Å²) < 4.78 is 22.3. The minimum absolute atomic E-state index is 0.0295. The molecule has 0 atom stereocenters. The zero-order valence-corrected chi connectivity index (χ0v) is 8.30. The molecule has 0 amide bonds. The molecule has 14 heavy (non-hydrogen) atoms. The summed E-state index contributed by atoms with van der Waals surface area (Å²) in [5, 5.41) is -0.0295. The van der Waals surface area contributed by atoms with E-state index in [1.807, 2.05) is 0 Å². The number of nitrogens with zero attached hydrogens (tertiary/aromatic N) is 1. The second-order valence-corrected chi connectivity index (χ2v) is 5.02. The molecular formula is C8H9N3O2S. The number of sulfone groups is 1. The minimum Gasteiger partial charge on any atom is -0.399 e. The summed E-state index contributed by atoms with van der Waals surface area (Å²) in [6.45, 7) is 0. The van der Waals surface area contributed by atoms with Crippen LogP contribution in [-0.4, -0.2) is 24.6 Å². The Kier molecular flexibility index (Phi) is 1.75. The van der Waals surface area contributed by atoms with Gasteiger partial charge in [0.1, 0.15) is 0 Å². The van der Waals surface area contributed by atoms with Crippen LogP contribution in [0, 0.1) is 0 Å². The molecule has 0 fully saturated rings. The summed E-state index contributed by atoms with van der Waals surface area (Å²) in [4.78, 5) is 6.62. The number of nitrogen functional groups attached to an aromatic ring is 1. The second kappa shape index (κ2) is 2.71. The molecule has 1 aromatic carbocycles. The van der Waals surface area contributed by atoms with Gasteiger partial charge in [0.15, 0.2) is 0 Å². The van der Waals surface area contributed by atoms with Crippen molar-refractivity contribution in [3.05, 3.63) is 18.2 Å². The molecule has 0 aliphatic carbocycles. The lowest BCUT2D eigenvalue weighted by molar-refractivity contribution is 0.595. The van der Waals surface area contributed by atoms with Crippen LogP contribution >= 0.6 is 0 Å². The van der Waals surface area contributed by atoms with Crippen molar-refractivity contribution in [1.29, 1.82) is 0 Å². The first-order valence-electron chi connectivity index (χ1n) is 3.92. The third-order valence-electron chi connectivity index (χ3n) is 1.84. The average Bonchev–Trinajstić information content (AvgIpc) is 2.45. The monoisotopic (exact) mass is 211 g/mol. The highest BCUT2D eigenvalue weighted by Gasteiger charge is 2.12. The highest BCUT2D eigenvalue weighted by Crippen LogP contribution is 2.16.